The number of hydrogen-bond donors (Lipinski definition) is 2. The zero-order valence-corrected chi connectivity index (χ0v) is 18.4. The number of nitrogens with zero attached hydrogens (tertiary/aromatic N) is 2. The smallest absolute Gasteiger partial charge is 0.191 e. The van der Waals surface area contributed by atoms with Crippen LogP contribution in [0.1, 0.15) is 43.7 Å². The van der Waals surface area contributed by atoms with E-state index in [1.807, 2.05) is 19.1 Å². The van der Waals surface area contributed by atoms with E-state index in [4.69, 9.17) is 4.52 Å². The highest BCUT2D eigenvalue weighted by molar-refractivity contribution is 14.0. The summed E-state index contributed by atoms with van der Waals surface area (Å²) < 4.78 is 19.3. The van der Waals surface area contributed by atoms with Crippen LogP contribution in [0.15, 0.2) is 38.3 Å². The van der Waals surface area contributed by atoms with Gasteiger partial charge in [-0.1, -0.05) is 25.1 Å². The molecular formula is C17H23BrFIN4O. The summed E-state index contributed by atoms with van der Waals surface area (Å²) in [6, 6.07) is 6.93. The summed E-state index contributed by atoms with van der Waals surface area (Å²) in [6.07, 6.45) is 0. The molecule has 2 N–H and O–H groups in total. The molecule has 2 rings (SSSR count). The number of benzene rings is 1. The monoisotopic (exact) mass is 524 g/mol. The molecule has 1 aromatic carbocycles. The molecule has 1 heterocycles. The van der Waals surface area contributed by atoms with Crippen LogP contribution in [0.25, 0.3) is 0 Å². The molecule has 5 nitrogen and oxygen atoms in total. The lowest BCUT2D eigenvalue weighted by Crippen LogP contribution is -2.36. The number of hydrogen-bond acceptors (Lipinski definition) is 3. The maximum atomic E-state index is 13.5. The van der Waals surface area contributed by atoms with Crippen molar-refractivity contribution in [3.05, 3.63) is 51.6 Å². The first-order valence-corrected chi connectivity index (χ1v) is 8.70. The van der Waals surface area contributed by atoms with E-state index in [1.54, 1.807) is 6.07 Å². The summed E-state index contributed by atoms with van der Waals surface area (Å²) in [4.78, 5) is 4.46. The summed E-state index contributed by atoms with van der Waals surface area (Å²) in [5.74, 6) is 1.43. The Labute approximate surface area is 173 Å². The number of guanidine groups is 1. The van der Waals surface area contributed by atoms with Crippen molar-refractivity contribution in [2.24, 2.45) is 4.99 Å². The van der Waals surface area contributed by atoms with Gasteiger partial charge < -0.3 is 15.2 Å². The second kappa shape index (κ2) is 10.7. The van der Waals surface area contributed by atoms with E-state index in [-0.39, 0.29) is 29.8 Å². The van der Waals surface area contributed by atoms with E-state index in [1.165, 1.54) is 6.07 Å². The molecule has 0 aliphatic heterocycles. The summed E-state index contributed by atoms with van der Waals surface area (Å²) in [5.41, 5.74) is 1.73. The second-order valence-electron chi connectivity index (χ2n) is 5.67. The Morgan fingerprint density at radius 1 is 1.32 bits per heavy atom. The Morgan fingerprint density at radius 2 is 2.08 bits per heavy atom. The number of halogens is 3. The summed E-state index contributed by atoms with van der Waals surface area (Å²) in [5, 5.41) is 10.4. The van der Waals surface area contributed by atoms with Gasteiger partial charge in [0, 0.05) is 12.6 Å². The van der Waals surface area contributed by atoms with Gasteiger partial charge in [-0.25, -0.2) is 9.38 Å². The predicted octanol–water partition coefficient (Wildman–Crippen LogP) is 4.57. The minimum Gasteiger partial charge on any atom is -0.359 e. The molecule has 0 unspecified atom stereocenters. The van der Waals surface area contributed by atoms with E-state index < -0.39 is 0 Å². The lowest BCUT2D eigenvalue weighted by molar-refractivity contribution is 0.372. The van der Waals surface area contributed by atoms with E-state index in [0.29, 0.717) is 29.4 Å². The summed E-state index contributed by atoms with van der Waals surface area (Å²) in [6.45, 7) is 7.72. The first-order chi connectivity index (χ1) is 11.5. The molecule has 1 aromatic heterocycles. The van der Waals surface area contributed by atoms with Crippen LogP contribution in [-0.2, 0) is 13.1 Å². The Balaban J connectivity index is 0.00000312. The van der Waals surface area contributed by atoms with Gasteiger partial charge in [-0.2, -0.15) is 0 Å². The number of aromatic nitrogens is 1. The Hall–Kier alpha value is -1.16. The van der Waals surface area contributed by atoms with Gasteiger partial charge in [0.15, 0.2) is 11.7 Å². The molecule has 0 atom stereocenters. The van der Waals surface area contributed by atoms with Gasteiger partial charge in [-0.05, 0) is 46.5 Å². The lowest BCUT2D eigenvalue weighted by atomic mass is 10.1. The highest BCUT2D eigenvalue weighted by Crippen LogP contribution is 2.17. The Bertz CT molecular complexity index is 706. The first-order valence-electron chi connectivity index (χ1n) is 7.91. The molecule has 0 fully saturated rings. The first kappa shape index (κ1) is 21.9. The largest absolute Gasteiger partial charge is 0.359 e. The third-order valence-corrected chi connectivity index (χ3v) is 3.99. The molecule has 138 valence electrons. The fourth-order valence-electron chi connectivity index (χ4n) is 2.01. The van der Waals surface area contributed by atoms with Crippen LogP contribution in [0.2, 0.25) is 0 Å². The number of rotatable bonds is 6. The molecule has 8 heteroatoms. The molecular weight excluding hydrogens is 502 g/mol. The van der Waals surface area contributed by atoms with E-state index in [0.717, 1.165) is 23.6 Å². The Morgan fingerprint density at radius 3 is 2.68 bits per heavy atom. The van der Waals surface area contributed by atoms with Crippen LogP contribution in [0.5, 0.6) is 0 Å². The van der Waals surface area contributed by atoms with Crippen molar-refractivity contribution in [1.29, 1.82) is 0 Å². The van der Waals surface area contributed by atoms with Crippen molar-refractivity contribution in [3.8, 4) is 0 Å². The molecule has 0 saturated carbocycles. The van der Waals surface area contributed by atoms with Crippen molar-refractivity contribution < 1.29 is 8.91 Å². The van der Waals surface area contributed by atoms with Crippen LogP contribution >= 0.6 is 39.9 Å². The SMILES string of the molecule is CCNC(=NCc1ccc(Br)c(F)c1)NCc1cc(C(C)C)no1.I. The van der Waals surface area contributed by atoms with E-state index in [9.17, 15) is 4.39 Å². The van der Waals surface area contributed by atoms with Crippen molar-refractivity contribution in [3.63, 3.8) is 0 Å². The minimum absolute atomic E-state index is 0. The minimum atomic E-state index is -0.288. The van der Waals surface area contributed by atoms with Gasteiger partial charge >= 0.3 is 0 Å². The highest BCUT2D eigenvalue weighted by Gasteiger charge is 2.08. The molecule has 2 aromatic rings. The maximum Gasteiger partial charge on any atom is 0.191 e. The van der Waals surface area contributed by atoms with Crippen LogP contribution < -0.4 is 10.6 Å². The van der Waals surface area contributed by atoms with Gasteiger partial charge in [0.2, 0.25) is 0 Å². The fourth-order valence-corrected chi connectivity index (χ4v) is 2.25. The highest BCUT2D eigenvalue weighted by atomic mass is 127. The average molecular weight is 525 g/mol. The third kappa shape index (κ3) is 6.93. The average Bonchev–Trinajstić information content (AvgIpc) is 3.02. The van der Waals surface area contributed by atoms with Gasteiger partial charge in [0.1, 0.15) is 5.82 Å². The van der Waals surface area contributed by atoms with Crippen molar-refractivity contribution in [2.75, 3.05) is 6.54 Å². The molecule has 0 aliphatic carbocycles. The van der Waals surface area contributed by atoms with E-state index >= 15 is 0 Å². The quantitative estimate of drug-likeness (QED) is 0.330. The molecule has 0 radical (unpaired) electrons. The zero-order valence-electron chi connectivity index (χ0n) is 14.5. The fraction of sp³-hybridized carbons (Fsp3) is 0.412. The molecule has 0 aliphatic rings. The molecule has 0 saturated heterocycles. The summed E-state index contributed by atoms with van der Waals surface area (Å²) >= 11 is 3.15. The topological polar surface area (TPSA) is 62.5 Å². The van der Waals surface area contributed by atoms with Crippen LogP contribution in [0, 0.1) is 5.82 Å². The number of aliphatic imine (C=N–C) groups is 1. The zero-order chi connectivity index (χ0) is 17.5. The van der Waals surface area contributed by atoms with Crippen LogP contribution in [0.4, 0.5) is 4.39 Å². The normalized spacial score (nSPS) is 11.4. The van der Waals surface area contributed by atoms with Crippen LogP contribution in [-0.4, -0.2) is 17.7 Å². The maximum absolute atomic E-state index is 13.5. The van der Waals surface area contributed by atoms with Gasteiger partial charge in [-0.3, -0.25) is 0 Å². The standard InChI is InChI=1S/C17H22BrFN4O.HI/c1-4-20-17(21-9-12-5-6-14(18)15(19)7-12)22-10-13-8-16(11(2)3)23-24-13;/h5-8,11H,4,9-10H2,1-3H3,(H2,20,21,22);1H. The second-order valence-corrected chi connectivity index (χ2v) is 6.52. The van der Waals surface area contributed by atoms with Gasteiger partial charge in [0.05, 0.1) is 23.3 Å². The van der Waals surface area contributed by atoms with Crippen LogP contribution in [0.3, 0.4) is 0 Å². The Kier molecular flexibility index (Phi) is 9.41. The van der Waals surface area contributed by atoms with Gasteiger partial charge in [-0.15, -0.1) is 24.0 Å². The third-order valence-electron chi connectivity index (χ3n) is 3.35. The summed E-state index contributed by atoms with van der Waals surface area (Å²) in [7, 11) is 0. The van der Waals surface area contributed by atoms with E-state index in [2.05, 4.69) is 50.6 Å². The van der Waals surface area contributed by atoms with Crippen molar-refractivity contribution in [1.82, 2.24) is 15.8 Å². The molecule has 0 spiro atoms. The van der Waals surface area contributed by atoms with Crippen molar-refractivity contribution >= 4 is 45.9 Å². The molecule has 0 amide bonds. The molecule has 0 bridgehead atoms. The van der Waals surface area contributed by atoms with Gasteiger partial charge in [0.25, 0.3) is 0 Å². The lowest BCUT2D eigenvalue weighted by Gasteiger charge is -2.10. The van der Waals surface area contributed by atoms with Crippen molar-refractivity contribution in [2.45, 2.75) is 39.8 Å². The predicted molar refractivity (Wildman–Crippen MR) is 112 cm³/mol. The molecule has 25 heavy (non-hydrogen) atoms. The number of nitrogens with one attached hydrogen (secondary N) is 2.